The molecule has 1 unspecified atom stereocenters. The van der Waals surface area contributed by atoms with Crippen molar-refractivity contribution < 1.29 is 5.11 Å². The van der Waals surface area contributed by atoms with Crippen LogP contribution in [0.4, 0.5) is 0 Å². The Hall–Kier alpha value is -0.670. The van der Waals surface area contributed by atoms with E-state index in [9.17, 15) is 5.11 Å². The van der Waals surface area contributed by atoms with Gasteiger partial charge in [0, 0.05) is 29.2 Å². The molecule has 1 aliphatic rings. The molecular formula is C11H15NOS. The maximum absolute atomic E-state index is 9.64. The second-order valence-electron chi connectivity index (χ2n) is 3.68. The Kier molecular flexibility index (Phi) is 2.99. The molecule has 14 heavy (non-hydrogen) atoms. The molecule has 2 nitrogen and oxygen atoms in total. The molecule has 76 valence electrons. The summed E-state index contributed by atoms with van der Waals surface area (Å²) in [5.74, 6) is 2.77. The highest BCUT2D eigenvalue weighted by atomic mass is 32.2. The molecule has 3 heteroatoms. The van der Waals surface area contributed by atoms with E-state index in [4.69, 9.17) is 0 Å². The van der Waals surface area contributed by atoms with E-state index >= 15 is 0 Å². The van der Waals surface area contributed by atoms with Gasteiger partial charge in [0.05, 0.1) is 0 Å². The summed E-state index contributed by atoms with van der Waals surface area (Å²) in [6.07, 6.45) is 0. The van der Waals surface area contributed by atoms with Crippen LogP contribution in [0.3, 0.4) is 0 Å². The zero-order valence-corrected chi connectivity index (χ0v) is 9.05. The highest BCUT2D eigenvalue weighted by Crippen LogP contribution is 2.26. The summed E-state index contributed by atoms with van der Waals surface area (Å²) in [6.45, 7) is 2.10. The monoisotopic (exact) mass is 209 g/mol. The molecule has 0 bridgehead atoms. The number of hydrogen-bond acceptors (Lipinski definition) is 3. The fourth-order valence-electron chi connectivity index (χ4n) is 1.63. The van der Waals surface area contributed by atoms with Gasteiger partial charge in [0.1, 0.15) is 5.75 Å². The molecule has 0 saturated carbocycles. The van der Waals surface area contributed by atoms with Crippen molar-refractivity contribution in [3.8, 4) is 5.75 Å². The Labute approximate surface area is 88.7 Å². The van der Waals surface area contributed by atoms with Crippen LogP contribution < -0.4 is 5.32 Å². The summed E-state index contributed by atoms with van der Waals surface area (Å²) >= 11 is 1.96. The van der Waals surface area contributed by atoms with Gasteiger partial charge in [-0.2, -0.15) is 11.8 Å². The van der Waals surface area contributed by atoms with Crippen LogP contribution in [0.15, 0.2) is 24.3 Å². The Morgan fingerprint density at radius 1 is 1.43 bits per heavy atom. The zero-order chi connectivity index (χ0) is 9.97. The first-order valence-corrected chi connectivity index (χ1v) is 6.04. The maximum atomic E-state index is 9.64. The van der Waals surface area contributed by atoms with Gasteiger partial charge in [0.15, 0.2) is 0 Å². The van der Waals surface area contributed by atoms with E-state index in [0.717, 1.165) is 5.56 Å². The van der Waals surface area contributed by atoms with Crippen LogP contribution in [0.2, 0.25) is 0 Å². The number of thioether (sulfide) groups is 1. The van der Waals surface area contributed by atoms with Crippen molar-refractivity contribution in [1.29, 1.82) is 0 Å². The topological polar surface area (TPSA) is 32.3 Å². The first-order chi connectivity index (χ1) is 6.77. The standard InChI is InChI=1S/C11H15NOS/c1-8(12-9-6-14-7-9)10-4-2-3-5-11(10)13/h2-5,8-9,12-13H,6-7H2,1H3. The second kappa shape index (κ2) is 4.24. The quantitative estimate of drug-likeness (QED) is 0.800. The predicted octanol–water partition coefficient (Wildman–Crippen LogP) is 2.16. The lowest BCUT2D eigenvalue weighted by atomic mass is 10.1. The minimum Gasteiger partial charge on any atom is -0.508 e. The molecule has 0 aromatic heterocycles. The van der Waals surface area contributed by atoms with Gasteiger partial charge in [-0.1, -0.05) is 18.2 Å². The normalized spacial score (nSPS) is 18.9. The summed E-state index contributed by atoms with van der Waals surface area (Å²) < 4.78 is 0. The largest absolute Gasteiger partial charge is 0.508 e. The molecule has 0 amide bonds. The molecule has 1 atom stereocenters. The van der Waals surface area contributed by atoms with E-state index in [1.54, 1.807) is 6.07 Å². The van der Waals surface area contributed by atoms with Crippen molar-refractivity contribution in [3.05, 3.63) is 29.8 Å². The van der Waals surface area contributed by atoms with Gasteiger partial charge in [-0.3, -0.25) is 0 Å². The van der Waals surface area contributed by atoms with Gasteiger partial charge in [-0.25, -0.2) is 0 Å². The molecule has 0 spiro atoms. The third-order valence-electron chi connectivity index (χ3n) is 2.53. The van der Waals surface area contributed by atoms with Crippen LogP contribution >= 0.6 is 11.8 Å². The smallest absolute Gasteiger partial charge is 0.120 e. The Morgan fingerprint density at radius 3 is 2.71 bits per heavy atom. The third-order valence-corrected chi connectivity index (χ3v) is 3.80. The summed E-state index contributed by atoms with van der Waals surface area (Å²) in [4.78, 5) is 0. The van der Waals surface area contributed by atoms with E-state index in [0.29, 0.717) is 11.8 Å². The number of rotatable bonds is 3. The number of benzene rings is 1. The number of nitrogens with one attached hydrogen (secondary N) is 1. The first-order valence-electron chi connectivity index (χ1n) is 4.89. The fraction of sp³-hybridized carbons (Fsp3) is 0.455. The third kappa shape index (κ3) is 2.04. The molecule has 0 radical (unpaired) electrons. The van der Waals surface area contributed by atoms with Crippen LogP contribution in [0.5, 0.6) is 5.75 Å². The van der Waals surface area contributed by atoms with Gasteiger partial charge < -0.3 is 10.4 Å². The highest BCUT2D eigenvalue weighted by molar-refractivity contribution is 8.00. The molecule has 1 aromatic rings. The first kappa shape index (κ1) is 9.87. The summed E-state index contributed by atoms with van der Waals surface area (Å²) in [7, 11) is 0. The van der Waals surface area contributed by atoms with Crippen molar-refractivity contribution in [2.24, 2.45) is 0 Å². The molecule has 2 rings (SSSR count). The van der Waals surface area contributed by atoms with E-state index in [-0.39, 0.29) is 6.04 Å². The molecule has 1 aliphatic heterocycles. The number of hydrogen-bond donors (Lipinski definition) is 2. The molecule has 0 aliphatic carbocycles. The summed E-state index contributed by atoms with van der Waals surface area (Å²) in [6, 6.07) is 8.38. The van der Waals surface area contributed by atoms with E-state index in [1.807, 2.05) is 30.0 Å². The van der Waals surface area contributed by atoms with Gasteiger partial charge >= 0.3 is 0 Å². The molecule has 2 N–H and O–H groups in total. The van der Waals surface area contributed by atoms with Crippen LogP contribution in [-0.2, 0) is 0 Å². The van der Waals surface area contributed by atoms with Gasteiger partial charge in [0.2, 0.25) is 0 Å². The SMILES string of the molecule is CC(NC1CSC1)c1ccccc1O. The van der Waals surface area contributed by atoms with Crippen molar-refractivity contribution in [3.63, 3.8) is 0 Å². The van der Waals surface area contributed by atoms with Crippen LogP contribution in [0.1, 0.15) is 18.5 Å². The zero-order valence-electron chi connectivity index (χ0n) is 8.23. The lowest BCUT2D eigenvalue weighted by Crippen LogP contribution is -2.41. The minimum absolute atomic E-state index is 0.238. The lowest BCUT2D eigenvalue weighted by molar-refractivity contribution is 0.441. The number of phenolic OH excluding ortho intramolecular Hbond substituents is 1. The molecule has 1 aromatic carbocycles. The number of phenols is 1. The van der Waals surface area contributed by atoms with E-state index in [1.165, 1.54) is 11.5 Å². The van der Waals surface area contributed by atoms with Gasteiger partial charge in [-0.05, 0) is 13.0 Å². The second-order valence-corrected chi connectivity index (χ2v) is 4.76. The fourth-order valence-corrected chi connectivity index (χ4v) is 2.29. The lowest BCUT2D eigenvalue weighted by Gasteiger charge is -2.29. The van der Waals surface area contributed by atoms with Gasteiger partial charge in [-0.15, -0.1) is 0 Å². The molecule has 1 heterocycles. The van der Waals surface area contributed by atoms with E-state index < -0.39 is 0 Å². The van der Waals surface area contributed by atoms with Gasteiger partial charge in [0.25, 0.3) is 0 Å². The average molecular weight is 209 g/mol. The van der Waals surface area contributed by atoms with Crippen molar-refractivity contribution in [1.82, 2.24) is 5.32 Å². The Balaban J connectivity index is 2.02. The highest BCUT2D eigenvalue weighted by Gasteiger charge is 2.21. The molecular weight excluding hydrogens is 194 g/mol. The molecule has 1 fully saturated rings. The number of aromatic hydroxyl groups is 1. The van der Waals surface area contributed by atoms with Crippen LogP contribution in [0, 0.1) is 0 Å². The maximum Gasteiger partial charge on any atom is 0.120 e. The minimum atomic E-state index is 0.238. The Morgan fingerprint density at radius 2 is 2.14 bits per heavy atom. The summed E-state index contributed by atoms with van der Waals surface area (Å²) in [5.41, 5.74) is 0.990. The van der Waals surface area contributed by atoms with Crippen LogP contribution in [-0.4, -0.2) is 22.7 Å². The van der Waals surface area contributed by atoms with Crippen molar-refractivity contribution in [2.75, 3.05) is 11.5 Å². The van der Waals surface area contributed by atoms with Crippen LogP contribution in [0.25, 0.3) is 0 Å². The summed E-state index contributed by atoms with van der Waals surface area (Å²) in [5, 5.41) is 13.1. The van der Waals surface area contributed by atoms with Crippen molar-refractivity contribution in [2.45, 2.75) is 19.0 Å². The molecule has 1 saturated heterocycles. The predicted molar refractivity (Wildman–Crippen MR) is 60.8 cm³/mol. The van der Waals surface area contributed by atoms with E-state index in [2.05, 4.69) is 12.2 Å². The average Bonchev–Trinajstić information content (AvgIpc) is 2.12. The Bertz CT molecular complexity index is 312. The van der Waals surface area contributed by atoms with Crippen molar-refractivity contribution >= 4 is 11.8 Å². The number of para-hydroxylation sites is 1.